The summed E-state index contributed by atoms with van der Waals surface area (Å²) >= 11 is 0. The standard InChI is InChI=1S/C21H20F3N3O2/c1-2-19(28)27-11-8-15(9-12-27)14-3-5-16(6-4-14)26-20(29)17-13-25-10-7-18(17)21(22,23)24/h2-7,10,13,15H,1,8-9,11-12H2,(H,26,29). The Labute approximate surface area is 166 Å². The number of nitrogens with one attached hydrogen (secondary N) is 1. The number of hydrogen-bond donors (Lipinski definition) is 1. The molecule has 1 aromatic carbocycles. The molecule has 0 radical (unpaired) electrons. The van der Waals surface area contributed by atoms with Crippen LogP contribution in [0.1, 0.15) is 40.2 Å². The topological polar surface area (TPSA) is 62.3 Å². The third kappa shape index (κ3) is 4.82. The molecule has 0 spiro atoms. The highest BCUT2D eigenvalue weighted by molar-refractivity contribution is 6.05. The Hall–Kier alpha value is -3.16. The Kier molecular flexibility index (Phi) is 6.00. The second kappa shape index (κ2) is 8.46. The minimum absolute atomic E-state index is 0.0739. The molecule has 152 valence electrons. The van der Waals surface area contributed by atoms with Gasteiger partial charge >= 0.3 is 6.18 Å². The monoisotopic (exact) mass is 403 g/mol. The van der Waals surface area contributed by atoms with Gasteiger partial charge in [-0.2, -0.15) is 13.2 Å². The third-order valence-electron chi connectivity index (χ3n) is 4.99. The predicted octanol–water partition coefficient (Wildman–Crippen LogP) is 4.24. The lowest BCUT2D eigenvalue weighted by Crippen LogP contribution is -2.36. The van der Waals surface area contributed by atoms with Gasteiger partial charge in [-0.3, -0.25) is 14.6 Å². The van der Waals surface area contributed by atoms with Crippen molar-refractivity contribution in [2.75, 3.05) is 18.4 Å². The fraction of sp³-hybridized carbons (Fsp3) is 0.286. The lowest BCUT2D eigenvalue weighted by Gasteiger charge is -2.31. The summed E-state index contributed by atoms with van der Waals surface area (Å²) in [5.41, 5.74) is -0.0909. The third-order valence-corrected chi connectivity index (χ3v) is 4.99. The molecule has 2 heterocycles. The van der Waals surface area contributed by atoms with E-state index in [0.717, 1.165) is 36.9 Å². The molecule has 1 aliphatic heterocycles. The number of likely N-dealkylation sites (tertiary alicyclic amines) is 1. The molecule has 1 aliphatic rings. The van der Waals surface area contributed by atoms with Crippen LogP contribution in [0.2, 0.25) is 0 Å². The van der Waals surface area contributed by atoms with Gasteiger partial charge in [-0.1, -0.05) is 18.7 Å². The van der Waals surface area contributed by atoms with Crippen molar-refractivity contribution in [1.29, 1.82) is 0 Å². The molecule has 2 aromatic rings. The van der Waals surface area contributed by atoms with Crippen LogP contribution in [0.3, 0.4) is 0 Å². The number of carbonyl (C=O) groups excluding carboxylic acids is 2. The van der Waals surface area contributed by atoms with Crippen molar-refractivity contribution in [3.8, 4) is 0 Å². The van der Waals surface area contributed by atoms with Crippen LogP contribution in [0.15, 0.2) is 55.4 Å². The van der Waals surface area contributed by atoms with Crippen LogP contribution in [0.5, 0.6) is 0 Å². The number of hydrogen-bond acceptors (Lipinski definition) is 3. The molecule has 5 nitrogen and oxygen atoms in total. The average Bonchev–Trinajstić information content (AvgIpc) is 2.73. The zero-order valence-electron chi connectivity index (χ0n) is 15.6. The highest BCUT2D eigenvalue weighted by Gasteiger charge is 2.35. The number of alkyl halides is 3. The first-order chi connectivity index (χ1) is 13.8. The highest BCUT2D eigenvalue weighted by atomic mass is 19.4. The van der Waals surface area contributed by atoms with E-state index in [9.17, 15) is 22.8 Å². The van der Waals surface area contributed by atoms with Gasteiger partial charge in [0.1, 0.15) is 0 Å². The Morgan fingerprint density at radius 2 is 1.79 bits per heavy atom. The number of pyridine rings is 1. The van der Waals surface area contributed by atoms with Gasteiger partial charge in [0.05, 0.1) is 11.1 Å². The summed E-state index contributed by atoms with van der Waals surface area (Å²) < 4.78 is 39.2. The first-order valence-electron chi connectivity index (χ1n) is 9.13. The minimum Gasteiger partial charge on any atom is -0.339 e. The van der Waals surface area contributed by atoms with Gasteiger partial charge in [0.25, 0.3) is 5.91 Å². The first kappa shape index (κ1) is 20.6. The molecule has 3 rings (SSSR count). The number of benzene rings is 1. The molecule has 0 atom stereocenters. The molecule has 1 N–H and O–H groups in total. The van der Waals surface area contributed by atoms with E-state index in [-0.39, 0.29) is 11.8 Å². The van der Waals surface area contributed by atoms with E-state index in [2.05, 4.69) is 16.9 Å². The summed E-state index contributed by atoms with van der Waals surface area (Å²) in [7, 11) is 0. The highest BCUT2D eigenvalue weighted by Crippen LogP contribution is 2.32. The van der Waals surface area contributed by atoms with Gasteiger partial charge in [-0.15, -0.1) is 0 Å². The molecular formula is C21H20F3N3O2. The maximum atomic E-state index is 13.1. The van der Waals surface area contributed by atoms with E-state index >= 15 is 0 Å². The molecule has 0 aliphatic carbocycles. The Morgan fingerprint density at radius 3 is 2.38 bits per heavy atom. The van der Waals surface area contributed by atoms with E-state index in [1.165, 1.54) is 6.08 Å². The van der Waals surface area contributed by atoms with Crippen LogP contribution in [-0.2, 0) is 11.0 Å². The van der Waals surface area contributed by atoms with Crippen molar-refractivity contribution in [2.24, 2.45) is 0 Å². The van der Waals surface area contributed by atoms with Gasteiger partial charge in [0.2, 0.25) is 5.91 Å². The van der Waals surface area contributed by atoms with Crippen molar-refractivity contribution in [1.82, 2.24) is 9.88 Å². The van der Waals surface area contributed by atoms with Crippen LogP contribution >= 0.6 is 0 Å². The number of nitrogens with zero attached hydrogens (tertiary/aromatic N) is 2. The van der Waals surface area contributed by atoms with E-state index in [0.29, 0.717) is 18.8 Å². The van der Waals surface area contributed by atoms with Crippen molar-refractivity contribution < 1.29 is 22.8 Å². The van der Waals surface area contributed by atoms with Crippen molar-refractivity contribution in [3.63, 3.8) is 0 Å². The zero-order valence-corrected chi connectivity index (χ0v) is 15.6. The normalized spacial score (nSPS) is 15.1. The summed E-state index contributed by atoms with van der Waals surface area (Å²) in [6.07, 6.45) is 0.213. The largest absolute Gasteiger partial charge is 0.417 e. The summed E-state index contributed by atoms with van der Waals surface area (Å²) in [4.78, 5) is 29.3. The number of amides is 2. The fourth-order valence-corrected chi connectivity index (χ4v) is 3.42. The smallest absolute Gasteiger partial charge is 0.339 e. The number of piperidine rings is 1. The second-order valence-corrected chi connectivity index (χ2v) is 6.80. The molecule has 29 heavy (non-hydrogen) atoms. The predicted molar refractivity (Wildman–Crippen MR) is 102 cm³/mol. The molecule has 0 saturated carbocycles. The molecule has 1 saturated heterocycles. The molecule has 0 bridgehead atoms. The summed E-state index contributed by atoms with van der Waals surface area (Å²) in [5, 5.41) is 2.49. The quantitative estimate of drug-likeness (QED) is 0.777. The van der Waals surface area contributed by atoms with Crippen LogP contribution in [0.25, 0.3) is 0 Å². The molecule has 1 fully saturated rings. The lowest BCUT2D eigenvalue weighted by atomic mass is 9.89. The van der Waals surface area contributed by atoms with E-state index in [1.807, 2.05) is 12.1 Å². The first-order valence-corrected chi connectivity index (χ1v) is 9.13. The van der Waals surface area contributed by atoms with E-state index in [4.69, 9.17) is 0 Å². The average molecular weight is 403 g/mol. The van der Waals surface area contributed by atoms with Crippen molar-refractivity contribution in [3.05, 3.63) is 72.1 Å². The van der Waals surface area contributed by atoms with Gasteiger partial charge in [-0.05, 0) is 48.6 Å². The molecule has 2 amide bonds. The van der Waals surface area contributed by atoms with Crippen molar-refractivity contribution in [2.45, 2.75) is 24.9 Å². The van der Waals surface area contributed by atoms with Gasteiger partial charge < -0.3 is 10.2 Å². The SMILES string of the molecule is C=CC(=O)N1CCC(c2ccc(NC(=O)c3cnccc3C(F)(F)F)cc2)CC1. The van der Waals surface area contributed by atoms with Crippen molar-refractivity contribution >= 4 is 17.5 Å². The number of aromatic nitrogens is 1. The fourth-order valence-electron chi connectivity index (χ4n) is 3.42. The van der Waals surface area contributed by atoms with Crippen LogP contribution < -0.4 is 5.32 Å². The van der Waals surface area contributed by atoms with Crippen LogP contribution in [0.4, 0.5) is 18.9 Å². The Morgan fingerprint density at radius 1 is 1.14 bits per heavy atom. The van der Waals surface area contributed by atoms with Gasteiger partial charge in [-0.25, -0.2) is 0 Å². The summed E-state index contributed by atoms with van der Waals surface area (Å²) in [6.45, 7) is 4.79. The maximum absolute atomic E-state index is 13.1. The molecule has 8 heteroatoms. The van der Waals surface area contributed by atoms with Gasteiger partial charge in [0.15, 0.2) is 0 Å². The zero-order chi connectivity index (χ0) is 21.0. The summed E-state index contributed by atoms with van der Waals surface area (Å²) in [5.74, 6) is -0.659. The minimum atomic E-state index is -4.64. The maximum Gasteiger partial charge on any atom is 0.417 e. The van der Waals surface area contributed by atoms with E-state index in [1.54, 1.807) is 17.0 Å². The van der Waals surface area contributed by atoms with E-state index < -0.39 is 23.2 Å². The summed E-state index contributed by atoms with van der Waals surface area (Å²) in [6, 6.07) is 7.80. The van der Waals surface area contributed by atoms with Crippen LogP contribution in [-0.4, -0.2) is 34.8 Å². The molecule has 1 aromatic heterocycles. The molecular weight excluding hydrogens is 383 g/mol. The van der Waals surface area contributed by atoms with Crippen LogP contribution in [0, 0.1) is 0 Å². The number of carbonyl (C=O) groups is 2. The number of rotatable bonds is 4. The lowest BCUT2D eigenvalue weighted by molar-refractivity contribution is -0.138. The number of halogens is 3. The Bertz CT molecular complexity index is 902. The second-order valence-electron chi connectivity index (χ2n) is 6.80. The Balaban J connectivity index is 1.65. The van der Waals surface area contributed by atoms with Gasteiger partial charge in [0, 0.05) is 31.2 Å². The molecule has 0 unspecified atom stereocenters. The number of anilines is 1.